The number of nitrogens with zero attached hydrogens (tertiary/aromatic N) is 9. The Balaban J connectivity index is 0.736. The van der Waals surface area contributed by atoms with Crippen molar-refractivity contribution in [2.24, 2.45) is 0 Å². The van der Waals surface area contributed by atoms with Crippen LogP contribution in [0, 0.1) is 0 Å². The van der Waals surface area contributed by atoms with Gasteiger partial charge in [0, 0.05) is 75.2 Å². The van der Waals surface area contributed by atoms with Crippen molar-refractivity contribution in [1.29, 1.82) is 0 Å². The lowest BCUT2D eigenvalue weighted by Gasteiger charge is -2.36. The van der Waals surface area contributed by atoms with E-state index in [0.29, 0.717) is 87.2 Å². The van der Waals surface area contributed by atoms with E-state index in [4.69, 9.17) is 16.1 Å². The summed E-state index contributed by atoms with van der Waals surface area (Å²) < 4.78 is 7.19. The fraction of sp³-hybridized carbons (Fsp3) is 0.368. The normalized spacial score (nSPS) is 18.2. The molecule has 0 radical (unpaired) electrons. The van der Waals surface area contributed by atoms with Gasteiger partial charge in [-0.25, -0.2) is 19.3 Å². The maximum Gasteiger partial charge on any atom is 0.323 e. The number of aromatic nitrogens is 6. The van der Waals surface area contributed by atoms with Gasteiger partial charge in [-0.15, -0.1) is 0 Å². The predicted octanol–water partition coefficient (Wildman–Crippen LogP) is 3.78. The highest BCUT2D eigenvalue weighted by atomic mass is 35.5. The lowest BCUT2D eigenvalue weighted by atomic mass is 10.0. The number of benzene rings is 1. The van der Waals surface area contributed by atoms with Gasteiger partial charge in [0.15, 0.2) is 5.65 Å². The van der Waals surface area contributed by atoms with Gasteiger partial charge >= 0.3 is 6.03 Å². The maximum atomic E-state index is 13.1. The van der Waals surface area contributed by atoms with E-state index >= 15 is 0 Å². The second-order valence-electron chi connectivity index (χ2n) is 14.5. The van der Waals surface area contributed by atoms with E-state index in [1.807, 2.05) is 23.1 Å². The molecule has 1 atom stereocenters. The first kappa shape index (κ1) is 36.2. The number of anilines is 3. The van der Waals surface area contributed by atoms with Crippen molar-refractivity contribution >= 4 is 64.0 Å². The summed E-state index contributed by atoms with van der Waals surface area (Å²) in [5.41, 5.74) is 5.25. The molecule has 3 aliphatic heterocycles. The Kier molecular flexibility index (Phi) is 9.47. The fourth-order valence-corrected chi connectivity index (χ4v) is 7.92. The molecule has 19 heteroatoms. The molecule has 5 aromatic rings. The smallest absolute Gasteiger partial charge is 0.323 e. The number of fused-ring (bicyclic) bond motifs is 2. The van der Waals surface area contributed by atoms with Crippen LogP contribution in [0.25, 0.3) is 17.2 Å². The van der Waals surface area contributed by atoms with Crippen LogP contribution in [-0.4, -0.2) is 101 Å². The van der Waals surface area contributed by atoms with Crippen LogP contribution in [0.5, 0.6) is 0 Å². The number of imide groups is 1. The van der Waals surface area contributed by atoms with E-state index in [1.54, 1.807) is 33.9 Å². The molecule has 3 fully saturated rings. The Hall–Kier alpha value is -6.43. The Morgan fingerprint density at radius 2 is 1.82 bits per heavy atom. The molecule has 4 aromatic heterocycles. The number of carbonyl (C=O) groups excluding carboxylic acids is 5. The SMILES string of the molecule is O=C1CCC(N2Cc3cc(N4CCN(C(=O)CCCc5nc(-c6ncc(NC(=O)Nc7cnc8ccnn8c7C7CC7)cc6Cl)no5)CC4)ccc3C2=O)C(=O)N1. The van der Waals surface area contributed by atoms with E-state index in [1.165, 1.54) is 6.20 Å². The number of carbonyl (C=O) groups is 5. The van der Waals surface area contributed by atoms with Crippen LogP contribution in [0.15, 0.2) is 53.4 Å². The summed E-state index contributed by atoms with van der Waals surface area (Å²) in [5.74, 6) is -0.0593. The Bertz CT molecular complexity index is 2440. The number of rotatable bonds is 10. The second kappa shape index (κ2) is 14.9. The number of hydrogen-bond acceptors (Lipinski definition) is 12. The summed E-state index contributed by atoms with van der Waals surface area (Å²) in [6, 6.07) is 7.92. The highest BCUT2D eigenvalue weighted by molar-refractivity contribution is 6.33. The second-order valence-corrected chi connectivity index (χ2v) is 14.9. The van der Waals surface area contributed by atoms with E-state index in [-0.39, 0.29) is 40.7 Å². The van der Waals surface area contributed by atoms with Gasteiger partial charge < -0.3 is 29.9 Å². The first-order valence-electron chi connectivity index (χ1n) is 18.9. The summed E-state index contributed by atoms with van der Waals surface area (Å²) in [7, 11) is 0. The lowest BCUT2D eigenvalue weighted by molar-refractivity contribution is -0.137. The molecule has 9 rings (SSSR count). The van der Waals surface area contributed by atoms with Gasteiger partial charge in [-0.05, 0) is 55.5 Å². The minimum Gasteiger partial charge on any atom is -0.368 e. The van der Waals surface area contributed by atoms with Crippen molar-refractivity contribution in [1.82, 2.24) is 44.8 Å². The zero-order chi connectivity index (χ0) is 39.2. The van der Waals surface area contributed by atoms with Gasteiger partial charge in [-0.1, -0.05) is 16.8 Å². The van der Waals surface area contributed by atoms with Crippen molar-refractivity contribution in [3.63, 3.8) is 0 Å². The molecule has 18 nitrogen and oxygen atoms in total. The fourth-order valence-electron chi connectivity index (χ4n) is 7.67. The number of amides is 6. The standard InChI is InChI=1S/C38H37ClN12O6/c39-26-17-23(43-38(56)44-27-19-40-29-10-11-42-51(29)34(27)21-4-5-21)18-41-33(26)35-46-31(57-47-35)2-1-3-32(53)49-14-12-48(13-15-49)24-6-7-25-22(16-24)20-50(37(25)55)28-8-9-30(52)45-36(28)54/h6-7,10-11,16-19,21,28H,1-5,8-9,12-15,20H2,(H2,43,44,56)(H,45,52,54). The van der Waals surface area contributed by atoms with Crippen LogP contribution in [0.2, 0.25) is 5.02 Å². The maximum absolute atomic E-state index is 13.1. The van der Waals surface area contributed by atoms with Crippen molar-refractivity contribution < 1.29 is 28.5 Å². The molecule has 6 amide bonds. The number of pyridine rings is 1. The van der Waals surface area contributed by atoms with E-state index < -0.39 is 18.0 Å². The molecule has 3 N–H and O–H groups in total. The molecule has 292 valence electrons. The summed E-state index contributed by atoms with van der Waals surface area (Å²) in [4.78, 5) is 81.8. The Labute approximate surface area is 329 Å². The van der Waals surface area contributed by atoms with Crippen LogP contribution < -0.4 is 20.9 Å². The number of aryl methyl sites for hydroxylation is 1. The van der Waals surface area contributed by atoms with E-state index in [9.17, 15) is 24.0 Å². The molecule has 4 aliphatic rings. The summed E-state index contributed by atoms with van der Waals surface area (Å²) in [5, 5.41) is 16.6. The van der Waals surface area contributed by atoms with Crippen LogP contribution in [-0.2, 0) is 27.3 Å². The monoisotopic (exact) mass is 792 g/mol. The zero-order valence-electron chi connectivity index (χ0n) is 30.6. The van der Waals surface area contributed by atoms with Crippen molar-refractivity contribution in [3.8, 4) is 11.5 Å². The van der Waals surface area contributed by atoms with Gasteiger partial charge in [0.25, 0.3) is 5.91 Å². The van der Waals surface area contributed by atoms with Gasteiger partial charge in [0.1, 0.15) is 11.7 Å². The van der Waals surface area contributed by atoms with Crippen LogP contribution in [0.3, 0.4) is 0 Å². The molecule has 7 heterocycles. The molecule has 2 saturated heterocycles. The van der Waals surface area contributed by atoms with Crippen molar-refractivity contribution in [2.75, 3.05) is 41.7 Å². The Morgan fingerprint density at radius 1 is 0.982 bits per heavy atom. The first-order chi connectivity index (χ1) is 27.7. The molecule has 0 bridgehead atoms. The number of piperazine rings is 1. The minimum absolute atomic E-state index is 0.0348. The lowest BCUT2D eigenvalue weighted by Crippen LogP contribution is -2.52. The molecule has 1 saturated carbocycles. The average Bonchev–Trinajstić information content (AvgIpc) is 3.57. The number of urea groups is 1. The number of hydrogen-bond donors (Lipinski definition) is 3. The third-order valence-electron chi connectivity index (χ3n) is 10.7. The van der Waals surface area contributed by atoms with Crippen molar-refractivity contribution in [3.05, 3.63) is 76.7 Å². The van der Waals surface area contributed by atoms with E-state index in [0.717, 1.165) is 35.4 Å². The zero-order valence-corrected chi connectivity index (χ0v) is 31.4. The van der Waals surface area contributed by atoms with Crippen LogP contribution in [0.4, 0.5) is 21.9 Å². The summed E-state index contributed by atoms with van der Waals surface area (Å²) in [6.07, 6.45) is 8.55. The molecule has 1 aliphatic carbocycles. The number of piperidine rings is 1. The molecular weight excluding hydrogens is 756 g/mol. The molecular formula is C38H37ClN12O6. The molecule has 1 aromatic carbocycles. The largest absolute Gasteiger partial charge is 0.368 e. The van der Waals surface area contributed by atoms with Gasteiger partial charge in [-0.3, -0.25) is 24.5 Å². The number of halogens is 1. The molecule has 0 spiro atoms. The van der Waals surface area contributed by atoms with Gasteiger partial charge in [0.05, 0.1) is 40.7 Å². The third kappa shape index (κ3) is 7.35. The first-order valence-corrected chi connectivity index (χ1v) is 19.3. The molecule has 1 unspecified atom stereocenters. The topological polar surface area (TPSA) is 213 Å². The highest BCUT2D eigenvalue weighted by Crippen LogP contribution is 2.43. The summed E-state index contributed by atoms with van der Waals surface area (Å²) in [6.45, 7) is 2.69. The van der Waals surface area contributed by atoms with E-state index in [2.05, 4.69) is 46.1 Å². The quantitative estimate of drug-likeness (QED) is 0.173. The van der Waals surface area contributed by atoms with Gasteiger partial charge in [-0.2, -0.15) is 10.1 Å². The Morgan fingerprint density at radius 3 is 2.61 bits per heavy atom. The van der Waals surface area contributed by atoms with Crippen LogP contribution in [0.1, 0.15) is 71.9 Å². The summed E-state index contributed by atoms with van der Waals surface area (Å²) >= 11 is 6.53. The van der Waals surface area contributed by atoms with Gasteiger partial charge in [0.2, 0.25) is 29.4 Å². The van der Waals surface area contributed by atoms with Crippen LogP contribution >= 0.6 is 11.6 Å². The highest BCUT2D eigenvalue weighted by Gasteiger charge is 2.39. The minimum atomic E-state index is -0.656. The predicted molar refractivity (Wildman–Crippen MR) is 204 cm³/mol. The average molecular weight is 793 g/mol. The molecule has 57 heavy (non-hydrogen) atoms. The van der Waals surface area contributed by atoms with Crippen molar-refractivity contribution in [2.45, 2.75) is 63.5 Å². The number of nitrogens with one attached hydrogen (secondary N) is 3. The third-order valence-corrected chi connectivity index (χ3v) is 11.0.